The minimum atomic E-state index is 0.782. The molecule has 1 rings (SSSR count). The minimum Gasteiger partial charge on any atom is -0.306 e. The van der Waals surface area contributed by atoms with Crippen molar-refractivity contribution in [2.45, 2.75) is 40.3 Å². The molecule has 0 spiro atoms. The summed E-state index contributed by atoms with van der Waals surface area (Å²) in [6, 6.07) is 0. The first-order valence-electron chi connectivity index (χ1n) is 5.44. The number of nitrogens with one attached hydrogen (secondary N) is 1. The Bertz CT molecular complexity index is 310. The standard InChI is InChI=1S/C11H20N4/c1-4-7-15-11(13-9-14-15)8-12-6-5-10(2)3/h5,9,12H,4,6-8H2,1-3H3. The Hall–Kier alpha value is -1.16. The lowest BCUT2D eigenvalue weighted by atomic mass is 10.3. The van der Waals surface area contributed by atoms with Gasteiger partial charge >= 0.3 is 0 Å². The fraction of sp³-hybridized carbons (Fsp3) is 0.636. The molecule has 0 fully saturated rings. The normalized spacial score (nSPS) is 10.3. The van der Waals surface area contributed by atoms with Crippen LogP contribution in [0.4, 0.5) is 0 Å². The Balaban J connectivity index is 2.36. The van der Waals surface area contributed by atoms with Crippen molar-refractivity contribution in [1.82, 2.24) is 20.1 Å². The Morgan fingerprint density at radius 1 is 1.53 bits per heavy atom. The molecule has 1 aromatic heterocycles. The smallest absolute Gasteiger partial charge is 0.140 e. The third-order valence-electron chi connectivity index (χ3n) is 2.07. The Kier molecular flexibility index (Phi) is 5.04. The second kappa shape index (κ2) is 6.35. The molecule has 0 aliphatic rings. The van der Waals surface area contributed by atoms with Crippen molar-refractivity contribution in [1.29, 1.82) is 0 Å². The highest BCUT2D eigenvalue weighted by molar-refractivity contribution is 4.95. The molecule has 1 N–H and O–H groups in total. The van der Waals surface area contributed by atoms with E-state index in [-0.39, 0.29) is 0 Å². The summed E-state index contributed by atoms with van der Waals surface area (Å²) < 4.78 is 1.95. The molecule has 84 valence electrons. The predicted octanol–water partition coefficient (Wildman–Crippen LogP) is 1.74. The Morgan fingerprint density at radius 3 is 3.00 bits per heavy atom. The zero-order chi connectivity index (χ0) is 11.1. The van der Waals surface area contributed by atoms with E-state index < -0.39 is 0 Å². The van der Waals surface area contributed by atoms with Gasteiger partial charge in [0.25, 0.3) is 0 Å². The molecule has 15 heavy (non-hydrogen) atoms. The highest BCUT2D eigenvalue weighted by Crippen LogP contribution is 1.95. The number of aryl methyl sites for hydroxylation is 1. The van der Waals surface area contributed by atoms with Crippen LogP contribution >= 0.6 is 0 Å². The Labute approximate surface area is 91.4 Å². The van der Waals surface area contributed by atoms with Gasteiger partial charge in [-0.2, -0.15) is 5.10 Å². The highest BCUT2D eigenvalue weighted by atomic mass is 15.3. The van der Waals surface area contributed by atoms with E-state index >= 15 is 0 Å². The number of nitrogens with zero attached hydrogens (tertiary/aromatic N) is 3. The van der Waals surface area contributed by atoms with E-state index in [1.807, 2.05) is 4.68 Å². The second-order valence-corrected chi connectivity index (χ2v) is 3.81. The molecule has 1 heterocycles. The van der Waals surface area contributed by atoms with Crippen molar-refractivity contribution in [2.75, 3.05) is 6.54 Å². The molecule has 0 saturated heterocycles. The van der Waals surface area contributed by atoms with Crippen LogP contribution < -0.4 is 5.32 Å². The van der Waals surface area contributed by atoms with Gasteiger partial charge in [-0.25, -0.2) is 9.67 Å². The van der Waals surface area contributed by atoms with Gasteiger partial charge in [0.1, 0.15) is 12.2 Å². The fourth-order valence-corrected chi connectivity index (χ4v) is 1.28. The quantitative estimate of drug-likeness (QED) is 0.572. The van der Waals surface area contributed by atoms with Crippen molar-refractivity contribution in [2.24, 2.45) is 0 Å². The van der Waals surface area contributed by atoms with Gasteiger partial charge in [0.15, 0.2) is 0 Å². The summed E-state index contributed by atoms with van der Waals surface area (Å²) in [5.74, 6) is 1.01. The van der Waals surface area contributed by atoms with Crippen LogP contribution in [0.1, 0.15) is 33.0 Å². The van der Waals surface area contributed by atoms with E-state index in [0.29, 0.717) is 0 Å². The van der Waals surface area contributed by atoms with Gasteiger partial charge in [-0.1, -0.05) is 18.6 Å². The summed E-state index contributed by atoms with van der Waals surface area (Å²) in [7, 11) is 0. The maximum Gasteiger partial charge on any atom is 0.140 e. The van der Waals surface area contributed by atoms with E-state index in [9.17, 15) is 0 Å². The average molecular weight is 208 g/mol. The SMILES string of the molecule is CCCn1ncnc1CNCC=C(C)C. The summed E-state index contributed by atoms with van der Waals surface area (Å²) in [6.45, 7) is 8.95. The van der Waals surface area contributed by atoms with Crippen LogP contribution in [0.5, 0.6) is 0 Å². The maximum atomic E-state index is 4.22. The van der Waals surface area contributed by atoms with Gasteiger partial charge in [-0.05, 0) is 20.3 Å². The molecule has 0 radical (unpaired) electrons. The van der Waals surface area contributed by atoms with Crippen LogP contribution in [0.3, 0.4) is 0 Å². The molecule has 0 amide bonds. The van der Waals surface area contributed by atoms with Gasteiger partial charge < -0.3 is 5.32 Å². The topological polar surface area (TPSA) is 42.7 Å². The predicted molar refractivity (Wildman–Crippen MR) is 61.5 cm³/mol. The lowest BCUT2D eigenvalue weighted by Gasteiger charge is -2.04. The monoisotopic (exact) mass is 208 g/mol. The molecule has 0 bridgehead atoms. The van der Waals surface area contributed by atoms with E-state index in [1.54, 1.807) is 6.33 Å². The molecular formula is C11H20N4. The third kappa shape index (κ3) is 4.25. The number of rotatable bonds is 6. The molecule has 1 aromatic rings. The first kappa shape index (κ1) is 11.9. The van der Waals surface area contributed by atoms with Gasteiger partial charge in [0.2, 0.25) is 0 Å². The molecule has 0 aliphatic heterocycles. The van der Waals surface area contributed by atoms with Crippen molar-refractivity contribution in [3.8, 4) is 0 Å². The summed E-state index contributed by atoms with van der Waals surface area (Å²) in [6.07, 6.45) is 4.87. The van der Waals surface area contributed by atoms with E-state index in [2.05, 4.69) is 42.2 Å². The van der Waals surface area contributed by atoms with Crippen molar-refractivity contribution in [3.63, 3.8) is 0 Å². The van der Waals surface area contributed by atoms with Crippen LogP contribution in [0.15, 0.2) is 18.0 Å². The molecule has 4 nitrogen and oxygen atoms in total. The van der Waals surface area contributed by atoms with E-state index in [0.717, 1.165) is 31.9 Å². The van der Waals surface area contributed by atoms with Crippen molar-refractivity contribution < 1.29 is 0 Å². The van der Waals surface area contributed by atoms with Crippen molar-refractivity contribution in [3.05, 3.63) is 23.8 Å². The van der Waals surface area contributed by atoms with Gasteiger partial charge in [-0.15, -0.1) is 0 Å². The van der Waals surface area contributed by atoms with Crippen LogP contribution in [-0.2, 0) is 13.1 Å². The van der Waals surface area contributed by atoms with E-state index in [1.165, 1.54) is 5.57 Å². The minimum absolute atomic E-state index is 0.782. The third-order valence-corrected chi connectivity index (χ3v) is 2.07. The van der Waals surface area contributed by atoms with Gasteiger partial charge in [-0.3, -0.25) is 0 Å². The first-order valence-corrected chi connectivity index (χ1v) is 5.44. The Morgan fingerprint density at radius 2 is 2.33 bits per heavy atom. The lowest BCUT2D eigenvalue weighted by molar-refractivity contribution is 0.551. The van der Waals surface area contributed by atoms with Gasteiger partial charge in [0, 0.05) is 13.1 Å². The lowest BCUT2D eigenvalue weighted by Crippen LogP contribution is -2.17. The molecule has 0 aliphatic carbocycles. The largest absolute Gasteiger partial charge is 0.306 e. The summed E-state index contributed by atoms with van der Waals surface area (Å²) >= 11 is 0. The fourth-order valence-electron chi connectivity index (χ4n) is 1.28. The zero-order valence-electron chi connectivity index (χ0n) is 9.82. The number of hydrogen-bond donors (Lipinski definition) is 1. The highest BCUT2D eigenvalue weighted by Gasteiger charge is 2.01. The summed E-state index contributed by atoms with van der Waals surface area (Å²) in [5, 5.41) is 7.49. The molecule has 0 atom stereocenters. The maximum absolute atomic E-state index is 4.22. The van der Waals surface area contributed by atoms with Crippen LogP contribution in [0, 0.1) is 0 Å². The zero-order valence-corrected chi connectivity index (χ0v) is 9.82. The molecule has 4 heteroatoms. The molecule has 0 unspecified atom stereocenters. The summed E-state index contributed by atoms with van der Waals surface area (Å²) in [5.41, 5.74) is 1.33. The molecule has 0 aromatic carbocycles. The van der Waals surface area contributed by atoms with Crippen molar-refractivity contribution >= 4 is 0 Å². The van der Waals surface area contributed by atoms with Crippen LogP contribution in [-0.4, -0.2) is 21.3 Å². The number of aromatic nitrogens is 3. The second-order valence-electron chi connectivity index (χ2n) is 3.81. The average Bonchev–Trinajstić information content (AvgIpc) is 2.61. The van der Waals surface area contributed by atoms with Gasteiger partial charge in [0.05, 0.1) is 6.54 Å². The van der Waals surface area contributed by atoms with Crippen LogP contribution in [0.25, 0.3) is 0 Å². The van der Waals surface area contributed by atoms with E-state index in [4.69, 9.17) is 0 Å². The van der Waals surface area contributed by atoms with Crippen LogP contribution in [0.2, 0.25) is 0 Å². The first-order chi connectivity index (χ1) is 7.24. The molecule has 0 saturated carbocycles. The number of allylic oxidation sites excluding steroid dienone is 1. The summed E-state index contributed by atoms with van der Waals surface area (Å²) in [4.78, 5) is 4.22. The number of hydrogen-bond acceptors (Lipinski definition) is 3. The molecular weight excluding hydrogens is 188 g/mol.